The second-order valence-corrected chi connectivity index (χ2v) is 12.5. The quantitative estimate of drug-likeness (QED) is 0.0283. The number of nitrogen functional groups attached to an aromatic ring is 1. The number of hydrogen-bond donors (Lipinski definition) is 4. The third-order valence-corrected chi connectivity index (χ3v) is 9.18. The molecule has 1 saturated heterocycles. The fraction of sp³-hybridized carbons (Fsp3) is 0.286. The number of nitrogens with zero attached hydrogens (tertiary/aromatic N) is 7. The minimum atomic E-state index is -1.40. The number of β-lactam (4-membered cyclic amide) rings is 1. The predicted molar refractivity (Wildman–Crippen MR) is 173 cm³/mol. The number of aromatic nitrogens is 5. The third kappa shape index (κ3) is 8.35. The van der Waals surface area contributed by atoms with Crippen LogP contribution in [0.15, 0.2) is 50.5 Å². The molecule has 2 atom stereocenters. The molecule has 0 radical (unpaired) electrons. The molecule has 24 heteroatoms. The first-order chi connectivity index (χ1) is 24.7. The Hall–Kier alpha value is -6.30. The second kappa shape index (κ2) is 15.7. The number of carboxylic acids is 2. The van der Waals surface area contributed by atoms with E-state index in [-0.39, 0.29) is 51.1 Å². The molecule has 2 aliphatic heterocycles. The lowest BCUT2D eigenvalue weighted by Gasteiger charge is -2.49. The van der Waals surface area contributed by atoms with Gasteiger partial charge in [0.2, 0.25) is 10.9 Å². The van der Waals surface area contributed by atoms with E-state index in [1.165, 1.54) is 12.1 Å². The van der Waals surface area contributed by atoms with E-state index in [1.807, 2.05) is 0 Å². The molecule has 272 valence electrons. The van der Waals surface area contributed by atoms with Gasteiger partial charge in [-0.3, -0.25) is 33.7 Å². The number of oxazole rings is 1. The molecule has 3 aromatic rings. The number of Topliss-reactive ketones (excluding diaryl/α,β-unsaturated/α-hetero) is 1. The average molecular weight is 760 g/mol. The Morgan fingerprint density at radius 1 is 1.13 bits per heavy atom. The van der Waals surface area contributed by atoms with Crippen LogP contribution >= 0.6 is 23.5 Å². The predicted octanol–water partition coefficient (Wildman–Crippen LogP) is -0.687. The van der Waals surface area contributed by atoms with Gasteiger partial charge < -0.3 is 40.0 Å². The van der Waals surface area contributed by atoms with Crippen molar-refractivity contribution in [2.24, 2.45) is 5.16 Å². The molecule has 0 bridgehead atoms. The van der Waals surface area contributed by atoms with Crippen LogP contribution in [0.3, 0.4) is 0 Å². The molecular formula is C28H25N9O13S2. The zero-order chi connectivity index (χ0) is 37.7. The van der Waals surface area contributed by atoms with Gasteiger partial charge in [0.15, 0.2) is 23.8 Å². The number of hydrogen-bond acceptors (Lipinski definition) is 19. The Bertz CT molecular complexity index is 2040. The fourth-order valence-electron chi connectivity index (χ4n) is 4.68. The summed E-state index contributed by atoms with van der Waals surface area (Å²) in [5.41, 5.74) is 4.79. The van der Waals surface area contributed by atoms with E-state index >= 15 is 0 Å². The summed E-state index contributed by atoms with van der Waals surface area (Å²) in [7, 11) is 0. The lowest BCUT2D eigenvalue weighted by molar-refractivity contribution is -0.150. The summed E-state index contributed by atoms with van der Waals surface area (Å²) in [6.45, 7) is 0.978. The summed E-state index contributed by atoms with van der Waals surface area (Å²) in [4.78, 5) is 95.9. The number of ether oxygens (including phenoxy) is 2. The molecule has 0 aliphatic carbocycles. The molecule has 1 fully saturated rings. The van der Waals surface area contributed by atoms with Crippen molar-refractivity contribution in [2.75, 3.05) is 23.8 Å². The van der Waals surface area contributed by atoms with Crippen molar-refractivity contribution in [1.82, 2.24) is 35.4 Å². The van der Waals surface area contributed by atoms with Crippen LogP contribution < -0.4 is 20.5 Å². The molecule has 22 nitrogen and oxygen atoms in total. The maximum atomic E-state index is 13.4. The highest BCUT2D eigenvalue weighted by Gasteiger charge is 2.54. The van der Waals surface area contributed by atoms with Crippen molar-refractivity contribution in [3.8, 4) is 11.5 Å². The van der Waals surface area contributed by atoms with Crippen LogP contribution in [0.1, 0.15) is 29.9 Å². The Morgan fingerprint density at radius 2 is 1.87 bits per heavy atom. The van der Waals surface area contributed by atoms with Gasteiger partial charge in [0, 0.05) is 30.9 Å². The highest BCUT2D eigenvalue weighted by atomic mass is 32.2. The first kappa shape index (κ1) is 37.0. The van der Waals surface area contributed by atoms with Crippen LogP contribution in [0, 0.1) is 0 Å². The third-order valence-electron chi connectivity index (χ3n) is 6.80. The molecule has 2 amide bonds. The van der Waals surface area contributed by atoms with Crippen LogP contribution in [0.5, 0.6) is 11.5 Å². The van der Waals surface area contributed by atoms with Crippen molar-refractivity contribution < 1.29 is 62.5 Å². The summed E-state index contributed by atoms with van der Waals surface area (Å²) >= 11 is 2.15. The highest BCUT2D eigenvalue weighted by Crippen LogP contribution is 2.41. The van der Waals surface area contributed by atoms with Gasteiger partial charge in [0.1, 0.15) is 35.6 Å². The molecule has 4 heterocycles. The number of tetrazole rings is 1. The first-order valence-electron chi connectivity index (χ1n) is 14.5. The van der Waals surface area contributed by atoms with Crippen molar-refractivity contribution in [2.45, 2.75) is 37.0 Å². The van der Waals surface area contributed by atoms with Gasteiger partial charge in [-0.25, -0.2) is 9.48 Å². The van der Waals surface area contributed by atoms with Crippen molar-refractivity contribution in [3.05, 3.63) is 47.0 Å². The number of amides is 2. The van der Waals surface area contributed by atoms with E-state index in [4.69, 9.17) is 29.6 Å². The summed E-state index contributed by atoms with van der Waals surface area (Å²) in [5, 5.41) is 35.3. The number of anilines is 1. The number of carbonyl (C=O) groups excluding carboxylic acids is 5. The summed E-state index contributed by atoms with van der Waals surface area (Å²) in [6.07, 6.45) is 0.977. The Balaban J connectivity index is 1.28. The standard InChI is InChI=1S/C28H25N9O13S2/c1-11(38)49-17-4-3-13(5-18(17)50-12(2)39)16(40)8-48-33-20(15-7-47-27(29)30-15)23(43)31-21-24(44)37-22(26(45)46)14(9-51-25(21)37)10-52-28-32-34-35-36(28)6-19(41)42/h3-5,7,21,25H,6,8-10H2,1-2H3,(H2,29,30)(H,31,43)(H,41,42)(H,45,46)/t21-,25+/m1/s1. The van der Waals surface area contributed by atoms with Gasteiger partial charge in [0.05, 0.1) is 0 Å². The Labute approximate surface area is 298 Å². The fourth-order valence-corrected chi connectivity index (χ4v) is 7.04. The maximum absolute atomic E-state index is 13.4. The van der Waals surface area contributed by atoms with Gasteiger partial charge in [0.25, 0.3) is 17.8 Å². The zero-order valence-electron chi connectivity index (χ0n) is 26.7. The number of carboxylic acid groups (broad SMARTS) is 2. The van der Waals surface area contributed by atoms with Crippen LogP contribution in [-0.2, 0) is 40.1 Å². The van der Waals surface area contributed by atoms with Crippen molar-refractivity contribution in [1.29, 1.82) is 0 Å². The number of nitrogens with one attached hydrogen (secondary N) is 1. The van der Waals surface area contributed by atoms with Gasteiger partial charge >= 0.3 is 23.9 Å². The smallest absolute Gasteiger partial charge is 0.352 e. The summed E-state index contributed by atoms with van der Waals surface area (Å²) < 4.78 is 16.0. The van der Waals surface area contributed by atoms with Gasteiger partial charge in [-0.05, 0) is 34.2 Å². The SMILES string of the molecule is CC(=O)Oc1ccc(C(=O)CON=C(C(=O)N[C@@H]2C(=O)N3C(C(=O)O)=C(CSc4nnnn4CC(=O)O)CS[C@@H]23)c2coc(N)n2)cc1OC(C)=O. The Morgan fingerprint density at radius 3 is 2.52 bits per heavy atom. The number of esters is 2. The monoisotopic (exact) mass is 759 g/mol. The Kier molecular flexibility index (Phi) is 11.2. The molecule has 5 N–H and O–H groups in total. The van der Waals surface area contributed by atoms with Gasteiger partial charge in [-0.15, -0.1) is 16.9 Å². The summed E-state index contributed by atoms with van der Waals surface area (Å²) in [6, 6.07) is 2.09. The average Bonchev–Trinajstić information content (AvgIpc) is 3.71. The van der Waals surface area contributed by atoms with E-state index in [9.17, 15) is 38.7 Å². The van der Waals surface area contributed by atoms with E-state index in [0.717, 1.165) is 59.3 Å². The van der Waals surface area contributed by atoms with Crippen molar-refractivity contribution >= 4 is 76.7 Å². The molecule has 0 spiro atoms. The minimum Gasteiger partial charge on any atom is -0.480 e. The number of carbonyl (C=O) groups is 7. The summed E-state index contributed by atoms with van der Waals surface area (Å²) in [5.74, 6) is -6.66. The number of ketones is 1. The maximum Gasteiger partial charge on any atom is 0.352 e. The highest BCUT2D eigenvalue weighted by molar-refractivity contribution is 8.01. The van der Waals surface area contributed by atoms with Gasteiger partial charge in [-0.2, -0.15) is 4.98 Å². The number of fused-ring (bicyclic) bond motifs is 1. The first-order valence-corrected chi connectivity index (χ1v) is 16.5. The zero-order valence-corrected chi connectivity index (χ0v) is 28.3. The van der Waals surface area contributed by atoms with Crippen molar-refractivity contribution in [3.63, 3.8) is 0 Å². The van der Waals surface area contributed by atoms with E-state index in [1.54, 1.807) is 0 Å². The molecule has 5 rings (SSSR count). The van der Waals surface area contributed by atoms with E-state index < -0.39 is 71.8 Å². The molecule has 52 heavy (non-hydrogen) atoms. The minimum absolute atomic E-state index is 0.0179. The molecule has 2 aliphatic rings. The van der Waals surface area contributed by atoms with Crippen LogP contribution in [0.4, 0.5) is 6.01 Å². The molecular weight excluding hydrogens is 734 g/mol. The number of aliphatic carboxylic acids is 2. The van der Waals surface area contributed by atoms with E-state index in [2.05, 4.69) is 31.0 Å². The van der Waals surface area contributed by atoms with E-state index in [0.29, 0.717) is 5.57 Å². The number of oxime groups is 1. The van der Waals surface area contributed by atoms with Gasteiger partial charge in [-0.1, -0.05) is 16.9 Å². The second-order valence-electron chi connectivity index (χ2n) is 10.5. The number of benzene rings is 1. The lowest BCUT2D eigenvalue weighted by atomic mass is 10.0. The molecule has 2 aromatic heterocycles. The number of nitrogens with two attached hydrogens (primary N) is 1. The number of rotatable bonds is 15. The number of thioether (sulfide) groups is 2. The molecule has 0 unspecified atom stereocenters. The largest absolute Gasteiger partial charge is 0.480 e. The lowest BCUT2D eigenvalue weighted by Crippen LogP contribution is -2.71. The molecule has 1 aromatic carbocycles. The van der Waals surface area contributed by atoms with Crippen LogP contribution in [-0.4, -0.2) is 117 Å². The van der Waals surface area contributed by atoms with Crippen LogP contribution in [0.2, 0.25) is 0 Å². The molecule has 0 saturated carbocycles. The topological polar surface area (TPSA) is 311 Å². The normalized spacial score (nSPS) is 16.8. The van der Waals surface area contributed by atoms with Crippen LogP contribution in [0.25, 0.3) is 0 Å².